The maximum atomic E-state index is 15.5. The van der Waals surface area contributed by atoms with Crippen molar-refractivity contribution in [2.24, 2.45) is 11.3 Å². The number of halogens is 2. The molecule has 5 aromatic rings. The molecule has 22 heteroatoms. The van der Waals surface area contributed by atoms with E-state index in [2.05, 4.69) is 51.1 Å². The highest BCUT2D eigenvalue weighted by Crippen LogP contribution is 2.54. The summed E-state index contributed by atoms with van der Waals surface area (Å²) in [6, 6.07) is 15.6. The predicted molar refractivity (Wildman–Crippen MR) is 269 cm³/mol. The molecule has 4 fully saturated rings. The number of nitro groups is 1. The maximum Gasteiger partial charge on any atom is 0.297 e. The summed E-state index contributed by atoms with van der Waals surface area (Å²) in [5.74, 6) is -3.62. The largest absolute Gasteiger partial charge is 0.489 e. The summed E-state index contributed by atoms with van der Waals surface area (Å²) < 4.78 is 99.4. The lowest BCUT2D eigenvalue weighted by molar-refractivity contribution is -0.384. The zero-order chi connectivity index (χ0) is 51.8. The Morgan fingerprint density at radius 2 is 1.71 bits per heavy atom. The molecule has 3 aromatic carbocycles. The van der Waals surface area contributed by atoms with Gasteiger partial charge in [-0.05, 0) is 105 Å². The number of piperazine rings is 1. The fourth-order valence-corrected chi connectivity index (χ4v) is 13.6. The van der Waals surface area contributed by atoms with Crippen molar-refractivity contribution in [3.05, 3.63) is 105 Å². The van der Waals surface area contributed by atoms with Crippen molar-refractivity contribution in [3.63, 3.8) is 0 Å². The Morgan fingerprint density at radius 1 is 0.986 bits per heavy atom. The Kier molecular flexibility index (Phi) is 13.2. The molecule has 73 heavy (non-hydrogen) atoms. The van der Waals surface area contributed by atoms with Crippen molar-refractivity contribution in [2.45, 2.75) is 107 Å². The Balaban J connectivity index is 0.877. The van der Waals surface area contributed by atoms with Gasteiger partial charge >= 0.3 is 0 Å². The number of aromatic amines is 1. The van der Waals surface area contributed by atoms with Crippen LogP contribution in [-0.4, -0.2) is 115 Å². The predicted octanol–water partition coefficient (Wildman–Crippen LogP) is 7.97. The third-order valence-electron chi connectivity index (χ3n) is 16.0. The third-order valence-corrected chi connectivity index (χ3v) is 18.6. The molecule has 2 aromatic heterocycles. The normalized spacial score (nSPS) is 23.9. The van der Waals surface area contributed by atoms with E-state index >= 15 is 4.39 Å². The first-order valence-electron chi connectivity index (χ1n) is 24.8. The minimum atomic E-state index is -4.83. The number of aromatic nitrogens is 2. The lowest BCUT2D eigenvalue weighted by atomic mass is 9.59. The summed E-state index contributed by atoms with van der Waals surface area (Å²) in [7, 11) is -8.23. The highest BCUT2D eigenvalue weighted by atomic mass is 32.2. The average Bonchev–Trinajstić information content (AvgIpc) is 3.70. The van der Waals surface area contributed by atoms with Crippen molar-refractivity contribution in [2.75, 3.05) is 55.8 Å². The molecule has 2 atom stereocenters. The van der Waals surface area contributed by atoms with E-state index in [1.165, 1.54) is 24.0 Å². The number of benzene rings is 3. The SMILES string of the molecule is CC(C)c1ccccc1[C@H]1CN(S(C)(=O)=O)CCN1C1CC2(CCN(c3ccc(C(=O)NS(=O)(=O)c4cc5c(c([N+](=O)[O-])c4)N[C@@H]([C@H]4CC[C@](C)(O)CC4)CO5)c(Oc4cc5c(F)c[nH]c5nc4F)c3)CC2)C1. The number of piperidine rings is 1. The second-order valence-electron chi connectivity index (χ2n) is 21.2. The van der Waals surface area contributed by atoms with Crippen molar-refractivity contribution in [1.29, 1.82) is 0 Å². The number of nitrogens with one attached hydrogen (secondary N) is 3. The third kappa shape index (κ3) is 10.1. The van der Waals surface area contributed by atoms with Crippen LogP contribution < -0.4 is 24.4 Å². The summed E-state index contributed by atoms with van der Waals surface area (Å²) in [6.45, 7) is 8.81. The number of carbonyl (C=O) groups is 1. The molecule has 2 saturated heterocycles. The monoisotopic (exact) mass is 1050 g/mol. The van der Waals surface area contributed by atoms with Crippen LogP contribution in [0.4, 0.5) is 25.8 Å². The molecule has 18 nitrogen and oxygen atoms in total. The molecular formula is C51H60F2N8O10S2. The van der Waals surface area contributed by atoms with E-state index in [-0.39, 0.29) is 75.8 Å². The molecule has 4 N–H and O–H groups in total. The van der Waals surface area contributed by atoms with E-state index in [1.807, 2.05) is 16.9 Å². The minimum absolute atomic E-state index is 0.00393. The molecule has 5 aliphatic rings. The number of hydrogen-bond acceptors (Lipinski definition) is 14. The number of hydrogen-bond donors (Lipinski definition) is 4. The molecule has 2 saturated carbocycles. The smallest absolute Gasteiger partial charge is 0.297 e. The van der Waals surface area contributed by atoms with Gasteiger partial charge in [-0.15, -0.1) is 0 Å². The van der Waals surface area contributed by atoms with Gasteiger partial charge in [0.15, 0.2) is 17.2 Å². The number of nitrogens with zero attached hydrogens (tertiary/aromatic N) is 5. The van der Waals surface area contributed by atoms with Gasteiger partial charge in [0.25, 0.3) is 27.6 Å². The number of fused-ring (bicyclic) bond motifs is 2. The Labute approximate surface area is 422 Å². The van der Waals surface area contributed by atoms with E-state index in [1.54, 1.807) is 17.3 Å². The summed E-state index contributed by atoms with van der Waals surface area (Å²) in [4.78, 5) is 36.1. The van der Waals surface area contributed by atoms with E-state index in [0.29, 0.717) is 64.1 Å². The Hall–Kier alpha value is -5.94. The van der Waals surface area contributed by atoms with Gasteiger partial charge < -0.3 is 29.8 Å². The second kappa shape index (κ2) is 19.1. The van der Waals surface area contributed by atoms with Crippen LogP contribution in [0.25, 0.3) is 11.0 Å². The standard InChI is InChI=1S/C51H60F2N8O10S2/c1-30(2)35-7-5-6-8-36(35)42-28-59(72(4,66)67)19-20-60(42)33-25-51(26-33)15-17-58(18-16-51)32-9-10-37(43(21-32)71-45-24-38-39(52)27-54-48(38)56-47(45)53)49(62)57-73(68,69)34-22-41(61(64)65)46-44(23-34)70-29-40(55-46)31-11-13-50(3,63)14-12-31/h5-10,21-24,27,30-31,33,40,42,55,63H,11-20,25-26,28-29H2,1-4H3,(H,54,56)(H,57,62)/t31-,40-,42-,50-/m1/s1. The Bertz CT molecular complexity index is 3200. The highest BCUT2D eigenvalue weighted by Gasteiger charge is 2.51. The average molecular weight is 1050 g/mol. The molecule has 2 aliphatic carbocycles. The van der Waals surface area contributed by atoms with Gasteiger partial charge in [-0.2, -0.15) is 13.7 Å². The van der Waals surface area contributed by atoms with Gasteiger partial charge in [0, 0.05) is 74.9 Å². The fourth-order valence-electron chi connectivity index (χ4n) is 11.8. The van der Waals surface area contributed by atoms with E-state index in [0.717, 1.165) is 55.6 Å². The summed E-state index contributed by atoms with van der Waals surface area (Å²) in [5, 5.41) is 26.0. The molecule has 0 bridgehead atoms. The number of sulfonamides is 2. The zero-order valence-electron chi connectivity index (χ0n) is 41.1. The van der Waals surface area contributed by atoms with Gasteiger partial charge in [-0.1, -0.05) is 38.1 Å². The van der Waals surface area contributed by atoms with Crippen LogP contribution in [0.1, 0.15) is 106 Å². The van der Waals surface area contributed by atoms with Crippen LogP contribution in [0.3, 0.4) is 0 Å². The van der Waals surface area contributed by atoms with Gasteiger partial charge in [0.1, 0.15) is 23.8 Å². The molecule has 1 amide bonds. The zero-order valence-corrected chi connectivity index (χ0v) is 42.7. The Morgan fingerprint density at radius 3 is 2.41 bits per heavy atom. The van der Waals surface area contributed by atoms with E-state index in [4.69, 9.17) is 9.47 Å². The van der Waals surface area contributed by atoms with Crippen LogP contribution in [0.2, 0.25) is 0 Å². The molecule has 10 rings (SSSR count). The first kappa shape index (κ1) is 50.6. The topological polar surface area (TPSA) is 230 Å². The quantitative estimate of drug-likeness (QED) is 0.0528. The first-order chi connectivity index (χ1) is 34.6. The lowest BCUT2D eigenvalue weighted by Crippen LogP contribution is -2.60. The number of anilines is 2. The molecule has 1 spiro atoms. The number of amides is 1. The number of pyridine rings is 1. The number of nitro benzene ring substituents is 1. The molecule has 390 valence electrons. The minimum Gasteiger partial charge on any atom is -0.489 e. The van der Waals surface area contributed by atoms with Crippen LogP contribution in [0.5, 0.6) is 17.2 Å². The van der Waals surface area contributed by atoms with Crippen LogP contribution in [-0.2, 0) is 20.0 Å². The molecule has 0 unspecified atom stereocenters. The number of ether oxygens (including phenoxy) is 2. The maximum absolute atomic E-state index is 15.5. The molecular weight excluding hydrogens is 987 g/mol. The van der Waals surface area contributed by atoms with Crippen molar-refractivity contribution in [3.8, 4) is 17.2 Å². The van der Waals surface area contributed by atoms with E-state index < -0.39 is 64.6 Å². The summed E-state index contributed by atoms with van der Waals surface area (Å²) >= 11 is 0. The second-order valence-corrected chi connectivity index (χ2v) is 24.9. The lowest BCUT2D eigenvalue weighted by Gasteiger charge is -2.58. The van der Waals surface area contributed by atoms with Crippen molar-refractivity contribution in [1.82, 2.24) is 23.9 Å². The van der Waals surface area contributed by atoms with Gasteiger partial charge in [0.2, 0.25) is 10.0 Å². The van der Waals surface area contributed by atoms with Crippen LogP contribution >= 0.6 is 0 Å². The number of rotatable bonds is 12. The van der Waals surface area contributed by atoms with Crippen molar-refractivity contribution >= 4 is 54.0 Å². The fraction of sp³-hybridized carbons (Fsp3) is 0.490. The number of carbonyl (C=O) groups excluding carboxylic acids is 1. The van der Waals surface area contributed by atoms with Gasteiger partial charge in [-0.3, -0.25) is 19.8 Å². The number of H-pyrrole nitrogens is 1. The van der Waals surface area contributed by atoms with Gasteiger partial charge in [0.05, 0.1) is 38.7 Å². The highest BCUT2D eigenvalue weighted by molar-refractivity contribution is 7.90. The van der Waals surface area contributed by atoms with E-state index in [9.17, 15) is 41.2 Å². The summed E-state index contributed by atoms with van der Waals surface area (Å²) in [5.41, 5.74) is 1.21. The van der Waals surface area contributed by atoms with Gasteiger partial charge in [-0.25, -0.2) is 25.9 Å². The van der Waals surface area contributed by atoms with Crippen molar-refractivity contribution < 1.29 is 49.9 Å². The number of aliphatic hydroxyl groups is 1. The molecule has 3 aliphatic heterocycles. The first-order valence-corrected chi connectivity index (χ1v) is 28.1. The summed E-state index contributed by atoms with van der Waals surface area (Å²) in [6.07, 6.45) is 8.24. The molecule has 0 radical (unpaired) electrons. The molecule has 5 heterocycles. The van der Waals surface area contributed by atoms with Crippen LogP contribution in [0, 0.1) is 33.2 Å². The van der Waals surface area contributed by atoms with Crippen LogP contribution in [0.15, 0.2) is 71.8 Å².